The van der Waals surface area contributed by atoms with Crippen molar-refractivity contribution in [3.8, 4) is 17.5 Å². The smallest absolute Gasteiger partial charge is 0.257 e. The highest BCUT2D eigenvalue weighted by molar-refractivity contribution is 9.10. The molecule has 2 aromatic carbocycles. The van der Waals surface area contributed by atoms with Crippen molar-refractivity contribution in [2.24, 2.45) is 0 Å². The summed E-state index contributed by atoms with van der Waals surface area (Å²) in [6.07, 6.45) is 1.77. The van der Waals surface area contributed by atoms with Gasteiger partial charge in [0.25, 0.3) is 5.91 Å². The van der Waals surface area contributed by atoms with Crippen LogP contribution in [0.15, 0.2) is 59.2 Å². The van der Waals surface area contributed by atoms with Crippen molar-refractivity contribution in [2.75, 3.05) is 13.7 Å². The van der Waals surface area contributed by atoms with Gasteiger partial charge in [0.1, 0.15) is 6.61 Å². The molecule has 0 saturated carbocycles. The first-order chi connectivity index (χ1) is 13.6. The number of amides is 1. The predicted octanol–water partition coefficient (Wildman–Crippen LogP) is 3.79. The Morgan fingerprint density at radius 3 is 2.82 bits per heavy atom. The molecule has 0 aliphatic carbocycles. The highest BCUT2D eigenvalue weighted by Crippen LogP contribution is 2.30. The van der Waals surface area contributed by atoms with Crippen LogP contribution in [0, 0.1) is 11.8 Å². The quantitative estimate of drug-likeness (QED) is 0.464. The predicted molar refractivity (Wildman–Crippen MR) is 110 cm³/mol. The lowest BCUT2D eigenvalue weighted by molar-refractivity contribution is 0.0787. The van der Waals surface area contributed by atoms with Crippen molar-refractivity contribution in [3.05, 3.63) is 81.8 Å². The van der Waals surface area contributed by atoms with Gasteiger partial charge in [-0.05, 0) is 39.5 Å². The summed E-state index contributed by atoms with van der Waals surface area (Å²) in [4.78, 5) is 18.9. The number of ether oxygens (including phenoxy) is 1. The molecular weight excluding hydrogens is 418 g/mol. The molecule has 0 unspecified atom stereocenters. The van der Waals surface area contributed by atoms with Gasteiger partial charge in [0, 0.05) is 11.5 Å². The first-order valence-corrected chi connectivity index (χ1v) is 9.66. The van der Waals surface area contributed by atoms with Crippen LogP contribution in [-0.4, -0.2) is 34.0 Å². The first-order valence-electron chi connectivity index (χ1n) is 8.86. The molecule has 1 aliphatic rings. The van der Waals surface area contributed by atoms with E-state index in [2.05, 4.69) is 32.8 Å². The van der Waals surface area contributed by atoms with E-state index in [1.807, 2.05) is 53.1 Å². The van der Waals surface area contributed by atoms with E-state index in [9.17, 15) is 4.79 Å². The van der Waals surface area contributed by atoms with E-state index in [0.29, 0.717) is 31.1 Å². The second-order valence-electron chi connectivity index (χ2n) is 6.48. The second kappa shape index (κ2) is 8.01. The Balaban J connectivity index is 1.60. The van der Waals surface area contributed by atoms with Gasteiger partial charge in [0.2, 0.25) is 0 Å². The average Bonchev–Trinajstić information content (AvgIpc) is 3.05. The summed E-state index contributed by atoms with van der Waals surface area (Å²) >= 11 is 3.51. The fraction of sp³-hybridized carbons (Fsp3) is 0.182. The van der Waals surface area contributed by atoms with E-state index in [4.69, 9.17) is 4.74 Å². The summed E-state index contributed by atoms with van der Waals surface area (Å²) < 4.78 is 8.34. The fourth-order valence-electron chi connectivity index (χ4n) is 3.18. The van der Waals surface area contributed by atoms with Gasteiger partial charge in [0.05, 0.1) is 36.3 Å². The standard InChI is InChI=1S/C22H18BrN3O2/c1-25-14-17-13-24-20(11-6-12-28-15-16-7-3-2-4-8-16)26(17)19-10-5-9-18(23)21(19)22(25)27/h2-5,7-10,13H,12,14-15H2,1H3. The van der Waals surface area contributed by atoms with Crippen LogP contribution >= 0.6 is 15.9 Å². The van der Waals surface area contributed by atoms with Gasteiger partial charge in [-0.15, -0.1) is 0 Å². The topological polar surface area (TPSA) is 47.4 Å². The number of fused-ring (bicyclic) bond motifs is 3. The number of rotatable bonds is 3. The zero-order valence-electron chi connectivity index (χ0n) is 15.4. The van der Waals surface area contributed by atoms with Crippen LogP contribution in [0.5, 0.6) is 0 Å². The normalized spacial score (nSPS) is 12.6. The summed E-state index contributed by atoms with van der Waals surface area (Å²) in [6, 6.07) is 15.7. The Bertz CT molecular complexity index is 1080. The van der Waals surface area contributed by atoms with Crippen LogP contribution < -0.4 is 0 Å². The van der Waals surface area contributed by atoms with Crippen molar-refractivity contribution in [3.63, 3.8) is 0 Å². The summed E-state index contributed by atoms with van der Waals surface area (Å²) in [7, 11) is 1.79. The zero-order valence-corrected chi connectivity index (χ0v) is 16.9. The molecule has 0 atom stereocenters. The van der Waals surface area contributed by atoms with Crippen molar-refractivity contribution >= 4 is 21.8 Å². The Morgan fingerprint density at radius 1 is 1.18 bits per heavy atom. The molecule has 1 amide bonds. The third kappa shape index (κ3) is 3.59. The molecule has 0 radical (unpaired) electrons. The number of nitrogens with zero attached hydrogens (tertiary/aromatic N) is 3. The van der Waals surface area contributed by atoms with Crippen molar-refractivity contribution in [1.82, 2.24) is 14.5 Å². The van der Waals surface area contributed by atoms with E-state index in [1.54, 1.807) is 18.1 Å². The van der Waals surface area contributed by atoms with Crippen LogP contribution in [0.1, 0.15) is 27.4 Å². The number of carbonyl (C=O) groups is 1. The minimum atomic E-state index is -0.0312. The van der Waals surface area contributed by atoms with E-state index >= 15 is 0 Å². The molecule has 0 bridgehead atoms. The van der Waals surface area contributed by atoms with Crippen molar-refractivity contribution < 1.29 is 9.53 Å². The SMILES string of the molecule is CN1Cc2cnc(C#CCOCc3ccccc3)n2-c2cccc(Br)c2C1=O. The zero-order chi connectivity index (χ0) is 19.5. The van der Waals surface area contributed by atoms with Gasteiger partial charge < -0.3 is 9.64 Å². The maximum absolute atomic E-state index is 12.8. The number of carbonyl (C=O) groups excluding carboxylic acids is 1. The Hall–Kier alpha value is -2.88. The minimum absolute atomic E-state index is 0.0312. The number of imidazole rings is 1. The molecule has 28 heavy (non-hydrogen) atoms. The van der Waals surface area contributed by atoms with Gasteiger partial charge >= 0.3 is 0 Å². The van der Waals surface area contributed by atoms with E-state index in [0.717, 1.165) is 21.4 Å². The highest BCUT2D eigenvalue weighted by Gasteiger charge is 2.27. The molecule has 6 heteroatoms. The third-order valence-electron chi connectivity index (χ3n) is 4.51. The second-order valence-corrected chi connectivity index (χ2v) is 7.34. The van der Waals surface area contributed by atoms with Gasteiger partial charge in [-0.1, -0.05) is 42.3 Å². The van der Waals surface area contributed by atoms with Crippen LogP contribution in [0.3, 0.4) is 0 Å². The monoisotopic (exact) mass is 435 g/mol. The first kappa shape index (κ1) is 18.5. The van der Waals surface area contributed by atoms with E-state index < -0.39 is 0 Å². The molecule has 140 valence electrons. The summed E-state index contributed by atoms with van der Waals surface area (Å²) in [5, 5.41) is 0. The fourth-order valence-corrected chi connectivity index (χ4v) is 3.71. The largest absolute Gasteiger partial charge is 0.364 e. The molecular formula is C22H18BrN3O2. The number of benzene rings is 2. The maximum Gasteiger partial charge on any atom is 0.257 e. The van der Waals surface area contributed by atoms with Crippen molar-refractivity contribution in [1.29, 1.82) is 0 Å². The van der Waals surface area contributed by atoms with Crippen LogP contribution in [0.2, 0.25) is 0 Å². The Morgan fingerprint density at radius 2 is 2.00 bits per heavy atom. The Kier molecular flexibility index (Phi) is 5.29. The number of halogens is 1. The molecule has 0 fully saturated rings. The lowest BCUT2D eigenvalue weighted by Crippen LogP contribution is -2.25. The molecule has 0 spiro atoms. The molecule has 3 aromatic rings. The highest BCUT2D eigenvalue weighted by atomic mass is 79.9. The maximum atomic E-state index is 12.8. The summed E-state index contributed by atoms with van der Waals surface area (Å²) in [6.45, 7) is 1.30. The molecule has 0 N–H and O–H groups in total. The summed E-state index contributed by atoms with van der Waals surface area (Å²) in [5.41, 5.74) is 3.43. The molecule has 5 nitrogen and oxygen atoms in total. The lowest BCUT2D eigenvalue weighted by Gasteiger charge is -2.14. The molecule has 0 saturated heterocycles. The van der Waals surface area contributed by atoms with Crippen LogP contribution in [0.25, 0.3) is 5.69 Å². The van der Waals surface area contributed by atoms with Gasteiger partial charge in [-0.2, -0.15) is 0 Å². The third-order valence-corrected chi connectivity index (χ3v) is 5.17. The summed E-state index contributed by atoms with van der Waals surface area (Å²) in [5.74, 6) is 6.69. The lowest BCUT2D eigenvalue weighted by atomic mass is 10.1. The molecule has 1 aromatic heterocycles. The van der Waals surface area contributed by atoms with E-state index in [1.165, 1.54) is 0 Å². The average molecular weight is 436 g/mol. The molecule has 1 aliphatic heterocycles. The van der Waals surface area contributed by atoms with E-state index in [-0.39, 0.29) is 5.91 Å². The number of hydrogen-bond acceptors (Lipinski definition) is 3. The van der Waals surface area contributed by atoms with Crippen LogP contribution in [0.4, 0.5) is 0 Å². The van der Waals surface area contributed by atoms with Gasteiger partial charge in [0.15, 0.2) is 5.82 Å². The van der Waals surface area contributed by atoms with Crippen LogP contribution in [-0.2, 0) is 17.9 Å². The molecule has 4 rings (SSSR count). The minimum Gasteiger partial charge on any atom is -0.364 e. The van der Waals surface area contributed by atoms with Crippen molar-refractivity contribution in [2.45, 2.75) is 13.2 Å². The van der Waals surface area contributed by atoms with Gasteiger partial charge in [-0.25, -0.2) is 4.98 Å². The van der Waals surface area contributed by atoms with Gasteiger partial charge in [-0.3, -0.25) is 9.36 Å². The number of hydrogen-bond donors (Lipinski definition) is 0. The Labute approximate surface area is 172 Å². The number of aromatic nitrogens is 2. The molecule has 2 heterocycles.